The smallest absolute Gasteiger partial charge is 0.317 e. The largest absolute Gasteiger partial charge is 0.472 e. The number of carbonyl (C=O) groups is 2. The van der Waals surface area contributed by atoms with Gasteiger partial charge in [0.2, 0.25) is 5.88 Å². The van der Waals surface area contributed by atoms with Crippen LogP contribution < -0.4 is 10.1 Å². The number of amides is 3. The Bertz CT molecular complexity index is 861. The number of fused-ring (bicyclic) bond motifs is 1. The number of aliphatic hydroxyl groups is 1. The zero-order valence-electron chi connectivity index (χ0n) is 20.0. The number of rotatable bonds is 6. The van der Waals surface area contributed by atoms with Crippen molar-refractivity contribution in [1.29, 1.82) is 0 Å². The zero-order valence-corrected chi connectivity index (χ0v) is 20.0. The standard InChI is InChI=1S/C24H36N4O4/c1-7-10-25-24(31)27(6)14-21-17(4)13-28(18(5)15-29)23(30)20-11-19(9-8-16(2)3)12-26-22(20)32-21/h11-12,16-18,21,29H,7,10,13-15H2,1-6H3,(H,25,31)/t17-,18+,21+/m0/s1. The normalized spacial score (nSPS) is 19.1. The molecule has 2 rings (SSSR count). The van der Waals surface area contributed by atoms with Crippen molar-refractivity contribution in [1.82, 2.24) is 20.1 Å². The number of ether oxygens (including phenoxy) is 1. The van der Waals surface area contributed by atoms with Gasteiger partial charge in [0.25, 0.3) is 5.91 Å². The molecule has 0 radical (unpaired) electrons. The number of nitrogens with zero attached hydrogens (tertiary/aromatic N) is 3. The number of urea groups is 1. The van der Waals surface area contributed by atoms with Crippen molar-refractivity contribution >= 4 is 11.9 Å². The van der Waals surface area contributed by atoms with Crippen LogP contribution in [0.3, 0.4) is 0 Å². The first kappa shape index (κ1) is 25.5. The molecule has 32 heavy (non-hydrogen) atoms. The van der Waals surface area contributed by atoms with Crippen molar-refractivity contribution in [2.24, 2.45) is 11.8 Å². The fraction of sp³-hybridized carbons (Fsp3) is 0.625. The second kappa shape index (κ2) is 11.7. The molecule has 0 unspecified atom stereocenters. The molecular formula is C24H36N4O4. The molecule has 1 aromatic heterocycles. The van der Waals surface area contributed by atoms with Crippen molar-refractivity contribution in [3.8, 4) is 17.7 Å². The monoisotopic (exact) mass is 444 g/mol. The molecule has 3 amide bonds. The van der Waals surface area contributed by atoms with Gasteiger partial charge in [-0.05, 0) is 19.4 Å². The number of hydrogen-bond acceptors (Lipinski definition) is 5. The van der Waals surface area contributed by atoms with Crippen LogP contribution in [0.5, 0.6) is 5.88 Å². The molecule has 2 N–H and O–H groups in total. The first-order chi connectivity index (χ1) is 15.2. The van der Waals surface area contributed by atoms with Crippen LogP contribution in [0, 0.1) is 23.7 Å². The van der Waals surface area contributed by atoms with Gasteiger partial charge < -0.3 is 25.0 Å². The molecule has 0 bridgehead atoms. The third-order valence-corrected chi connectivity index (χ3v) is 5.35. The number of aliphatic hydroxyl groups excluding tert-OH is 1. The first-order valence-corrected chi connectivity index (χ1v) is 11.3. The van der Waals surface area contributed by atoms with Gasteiger partial charge in [0.05, 0.1) is 19.2 Å². The summed E-state index contributed by atoms with van der Waals surface area (Å²) in [4.78, 5) is 33.3. The third-order valence-electron chi connectivity index (χ3n) is 5.35. The Morgan fingerprint density at radius 2 is 2.16 bits per heavy atom. The van der Waals surface area contributed by atoms with Gasteiger partial charge in [-0.15, -0.1) is 0 Å². The number of likely N-dealkylation sites (N-methyl/N-ethyl adjacent to an activating group) is 1. The Kier molecular flexibility index (Phi) is 9.33. The molecule has 0 spiro atoms. The summed E-state index contributed by atoms with van der Waals surface area (Å²) in [6.07, 6.45) is 2.07. The average Bonchev–Trinajstić information content (AvgIpc) is 2.77. The first-order valence-electron chi connectivity index (χ1n) is 11.3. The molecule has 0 aromatic carbocycles. The van der Waals surface area contributed by atoms with E-state index in [0.29, 0.717) is 30.8 Å². The van der Waals surface area contributed by atoms with Crippen LogP contribution in [0.15, 0.2) is 12.3 Å². The lowest BCUT2D eigenvalue weighted by Crippen LogP contribution is -2.51. The molecular weight excluding hydrogens is 408 g/mol. The summed E-state index contributed by atoms with van der Waals surface area (Å²) in [6.45, 7) is 10.9. The maximum Gasteiger partial charge on any atom is 0.317 e. The molecule has 0 saturated carbocycles. The van der Waals surface area contributed by atoms with E-state index in [-0.39, 0.29) is 48.4 Å². The SMILES string of the molecule is CCCNC(=O)N(C)C[C@H]1Oc2ncc(C#CC(C)C)cc2C(=O)N([C@H](C)CO)C[C@@H]1C. The number of aromatic nitrogens is 1. The Morgan fingerprint density at radius 3 is 2.78 bits per heavy atom. The maximum absolute atomic E-state index is 13.4. The molecule has 1 aliphatic rings. The molecule has 176 valence electrons. The number of nitrogens with one attached hydrogen (secondary N) is 1. The molecule has 2 heterocycles. The average molecular weight is 445 g/mol. The van der Waals surface area contributed by atoms with E-state index in [1.165, 1.54) is 0 Å². The third kappa shape index (κ3) is 6.60. The Balaban J connectivity index is 2.40. The fourth-order valence-corrected chi connectivity index (χ4v) is 3.34. The van der Waals surface area contributed by atoms with E-state index in [0.717, 1.165) is 6.42 Å². The van der Waals surface area contributed by atoms with Gasteiger partial charge in [-0.25, -0.2) is 9.78 Å². The molecule has 0 saturated heterocycles. The lowest BCUT2D eigenvalue weighted by atomic mass is 10.00. The van der Waals surface area contributed by atoms with Gasteiger partial charge in [-0.3, -0.25) is 4.79 Å². The summed E-state index contributed by atoms with van der Waals surface area (Å²) in [5, 5.41) is 12.6. The van der Waals surface area contributed by atoms with Crippen LogP contribution in [-0.2, 0) is 0 Å². The van der Waals surface area contributed by atoms with Gasteiger partial charge in [-0.1, -0.05) is 39.5 Å². The molecule has 8 heteroatoms. The summed E-state index contributed by atoms with van der Waals surface area (Å²) < 4.78 is 6.20. The molecule has 3 atom stereocenters. The van der Waals surface area contributed by atoms with Gasteiger partial charge in [0, 0.05) is 43.7 Å². The van der Waals surface area contributed by atoms with E-state index in [1.54, 1.807) is 29.1 Å². The lowest BCUT2D eigenvalue weighted by Gasteiger charge is -2.37. The van der Waals surface area contributed by atoms with Crippen LogP contribution in [0.4, 0.5) is 4.79 Å². The predicted molar refractivity (Wildman–Crippen MR) is 123 cm³/mol. The number of hydrogen-bond donors (Lipinski definition) is 2. The molecule has 0 fully saturated rings. The van der Waals surface area contributed by atoms with Gasteiger partial charge in [-0.2, -0.15) is 0 Å². The maximum atomic E-state index is 13.4. The summed E-state index contributed by atoms with van der Waals surface area (Å²) in [7, 11) is 1.72. The van der Waals surface area contributed by atoms with Crippen molar-refractivity contribution in [2.75, 3.05) is 33.3 Å². The van der Waals surface area contributed by atoms with Crippen LogP contribution in [0.2, 0.25) is 0 Å². The molecule has 0 aliphatic carbocycles. The van der Waals surface area contributed by atoms with Crippen LogP contribution in [0.25, 0.3) is 0 Å². The minimum atomic E-state index is -0.382. The topological polar surface area (TPSA) is 95.0 Å². The van der Waals surface area contributed by atoms with Crippen molar-refractivity contribution in [3.05, 3.63) is 23.4 Å². The van der Waals surface area contributed by atoms with E-state index in [9.17, 15) is 14.7 Å². The highest BCUT2D eigenvalue weighted by molar-refractivity contribution is 5.97. The van der Waals surface area contributed by atoms with E-state index < -0.39 is 0 Å². The highest BCUT2D eigenvalue weighted by atomic mass is 16.5. The fourth-order valence-electron chi connectivity index (χ4n) is 3.34. The van der Waals surface area contributed by atoms with E-state index in [2.05, 4.69) is 22.1 Å². The van der Waals surface area contributed by atoms with Gasteiger partial charge >= 0.3 is 6.03 Å². The Labute approximate surface area is 191 Å². The number of carbonyl (C=O) groups excluding carboxylic acids is 2. The van der Waals surface area contributed by atoms with Crippen LogP contribution >= 0.6 is 0 Å². The summed E-state index contributed by atoms with van der Waals surface area (Å²) >= 11 is 0. The minimum absolute atomic E-state index is 0.0928. The summed E-state index contributed by atoms with van der Waals surface area (Å²) in [5.41, 5.74) is 0.947. The summed E-state index contributed by atoms with van der Waals surface area (Å²) in [5.74, 6) is 6.20. The molecule has 1 aromatic rings. The predicted octanol–water partition coefficient (Wildman–Crippen LogP) is 2.36. The molecule has 1 aliphatic heterocycles. The van der Waals surface area contributed by atoms with Crippen molar-refractivity contribution in [3.63, 3.8) is 0 Å². The lowest BCUT2D eigenvalue weighted by molar-refractivity contribution is 0.0352. The van der Waals surface area contributed by atoms with E-state index in [1.807, 2.05) is 34.6 Å². The zero-order chi connectivity index (χ0) is 23.8. The highest BCUT2D eigenvalue weighted by Gasteiger charge is 2.34. The Morgan fingerprint density at radius 1 is 1.44 bits per heavy atom. The van der Waals surface area contributed by atoms with Crippen LogP contribution in [0.1, 0.15) is 57.0 Å². The van der Waals surface area contributed by atoms with E-state index in [4.69, 9.17) is 4.74 Å². The molecule has 8 nitrogen and oxygen atoms in total. The second-order valence-corrected chi connectivity index (χ2v) is 8.74. The van der Waals surface area contributed by atoms with Crippen LogP contribution in [-0.4, -0.2) is 77.3 Å². The number of pyridine rings is 1. The van der Waals surface area contributed by atoms with Gasteiger partial charge in [0.15, 0.2) is 0 Å². The van der Waals surface area contributed by atoms with Crippen molar-refractivity contribution in [2.45, 2.75) is 53.2 Å². The quantitative estimate of drug-likeness (QED) is 0.657. The summed E-state index contributed by atoms with van der Waals surface area (Å²) in [6, 6.07) is 1.16. The Hall–Kier alpha value is -2.79. The van der Waals surface area contributed by atoms with E-state index >= 15 is 0 Å². The minimum Gasteiger partial charge on any atom is -0.472 e. The van der Waals surface area contributed by atoms with Gasteiger partial charge in [0.1, 0.15) is 11.7 Å². The second-order valence-electron chi connectivity index (χ2n) is 8.74. The van der Waals surface area contributed by atoms with Crippen molar-refractivity contribution < 1.29 is 19.4 Å². The highest BCUT2D eigenvalue weighted by Crippen LogP contribution is 2.27.